The number of anilines is 1. The van der Waals surface area contributed by atoms with E-state index in [2.05, 4.69) is 5.32 Å². The summed E-state index contributed by atoms with van der Waals surface area (Å²) >= 11 is 0. The van der Waals surface area contributed by atoms with Crippen molar-refractivity contribution in [3.05, 3.63) is 93.5 Å². The lowest BCUT2D eigenvalue weighted by Crippen LogP contribution is -2.55. The summed E-state index contributed by atoms with van der Waals surface area (Å²) in [6.45, 7) is 10.1. The van der Waals surface area contributed by atoms with Gasteiger partial charge in [-0.05, 0) is 76.9 Å². The second-order valence-corrected chi connectivity index (χ2v) is 13.4. The van der Waals surface area contributed by atoms with Gasteiger partial charge in [0.15, 0.2) is 0 Å². The lowest BCUT2D eigenvalue weighted by molar-refractivity contribution is -0.385. The van der Waals surface area contributed by atoms with Gasteiger partial charge in [-0.1, -0.05) is 42.8 Å². The maximum Gasteiger partial charge on any atom is 0.273 e. The first-order chi connectivity index (χ1) is 20.6. The summed E-state index contributed by atoms with van der Waals surface area (Å²) in [5, 5.41) is 14.6. The number of methoxy groups -OCH3 is 1. The third-order valence-electron chi connectivity index (χ3n) is 6.96. The van der Waals surface area contributed by atoms with Gasteiger partial charge >= 0.3 is 0 Å². The standard InChI is InChI=1S/C32H40N4O7S/c1-8-28(31(38)33-32(4,5)6)34(20-24-12-9-22(2)10-13-24)30(37)21-35(25-14-16-26(43-7)17-15-25)44(41,42)27-18-11-23(3)29(19-27)36(39)40/h9-19,28H,8,20-21H2,1-7H3,(H,33,38)/t28-/m0/s1. The number of carbonyl (C=O) groups is 2. The van der Waals surface area contributed by atoms with Crippen molar-refractivity contribution in [3.63, 3.8) is 0 Å². The van der Waals surface area contributed by atoms with E-state index in [0.717, 1.165) is 21.5 Å². The number of aryl methyl sites for hydroxylation is 2. The highest BCUT2D eigenvalue weighted by molar-refractivity contribution is 7.92. The number of benzene rings is 3. The Balaban J connectivity index is 2.13. The number of nitrogens with one attached hydrogen (secondary N) is 1. The maximum atomic E-state index is 14.2. The molecule has 0 saturated heterocycles. The Morgan fingerprint density at radius 1 is 1.00 bits per heavy atom. The maximum absolute atomic E-state index is 14.2. The second kappa shape index (κ2) is 13.9. The Labute approximate surface area is 259 Å². The highest BCUT2D eigenvalue weighted by Gasteiger charge is 2.35. The smallest absolute Gasteiger partial charge is 0.273 e. The molecule has 2 amide bonds. The minimum Gasteiger partial charge on any atom is -0.497 e. The van der Waals surface area contributed by atoms with Gasteiger partial charge in [0.1, 0.15) is 18.3 Å². The van der Waals surface area contributed by atoms with Crippen molar-refractivity contribution < 1.29 is 27.7 Å². The molecule has 0 aliphatic rings. The molecule has 0 aromatic heterocycles. The number of sulfonamides is 1. The van der Waals surface area contributed by atoms with Crippen LogP contribution in [-0.2, 0) is 26.2 Å². The molecule has 0 aliphatic carbocycles. The van der Waals surface area contributed by atoms with Crippen LogP contribution in [0.15, 0.2) is 71.6 Å². The van der Waals surface area contributed by atoms with E-state index in [0.29, 0.717) is 11.3 Å². The zero-order chi connectivity index (χ0) is 32.8. The van der Waals surface area contributed by atoms with Crippen LogP contribution in [0.5, 0.6) is 5.75 Å². The average Bonchev–Trinajstić information content (AvgIpc) is 2.95. The molecule has 0 unspecified atom stereocenters. The number of hydrogen-bond acceptors (Lipinski definition) is 7. The van der Waals surface area contributed by atoms with E-state index in [1.54, 1.807) is 19.1 Å². The van der Waals surface area contributed by atoms with Gasteiger partial charge in [0.05, 0.1) is 22.6 Å². The SMILES string of the molecule is CC[C@@H](C(=O)NC(C)(C)C)N(Cc1ccc(C)cc1)C(=O)CN(c1ccc(OC)cc1)S(=O)(=O)c1ccc(C)c([N+](=O)[O-])c1. The highest BCUT2D eigenvalue weighted by atomic mass is 32.2. The minimum atomic E-state index is -4.49. The predicted molar refractivity (Wildman–Crippen MR) is 169 cm³/mol. The Morgan fingerprint density at radius 3 is 2.14 bits per heavy atom. The zero-order valence-corrected chi connectivity index (χ0v) is 27.0. The molecule has 11 nitrogen and oxygen atoms in total. The van der Waals surface area contributed by atoms with Gasteiger partial charge in [-0.2, -0.15) is 0 Å². The van der Waals surface area contributed by atoms with Crippen molar-refractivity contribution in [3.8, 4) is 5.75 Å². The summed E-state index contributed by atoms with van der Waals surface area (Å²) in [6, 6.07) is 16.3. The van der Waals surface area contributed by atoms with E-state index in [1.165, 1.54) is 43.2 Å². The fourth-order valence-corrected chi connectivity index (χ4v) is 6.05. The number of carbonyl (C=O) groups excluding carboxylic acids is 2. The molecule has 1 N–H and O–H groups in total. The van der Waals surface area contributed by atoms with Crippen LogP contribution < -0.4 is 14.4 Å². The third kappa shape index (κ3) is 8.34. The lowest BCUT2D eigenvalue weighted by atomic mass is 10.1. The van der Waals surface area contributed by atoms with Gasteiger partial charge in [0.2, 0.25) is 11.8 Å². The molecule has 1 atom stereocenters. The van der Waals surface area contributed by atoms with Crippen LogP contribution >= 0.6 is 0 Å². The van der Waals surface area contributed by atoms with Gasteiger partial charge in [-0.25, -0.2) is 8.42 Å². The molecular formula is C32H40N4O7S. The Hall–Kier alpha value is -4.45. The lowest BCUT2D eigenvalue weighted by Gasteiger charge is -2.34. The van der Waals surface area contributed by atoms with Crippen molar-refractivity contribution >= 4 is 33.2 Å². The molecule has 12 heteroatoms. The third-order valence-corrected chi connectivity index (χ3v) is 8.73. The van der Waals surface area contributed by atoms with Gasteiger partial charge in [0, 0.05) is 23.7 Å². The molecule has 0 fully saturated rings. The highest BCUT2D eigenvalue weighted by Crippen LogP contribution is 2.29. The van der Waals surface area contributed by atoms with E-state index >= 15 is 0 Å². The first-order valence-corrected chi connectivity index (χ1v) is 15.6. The van der Waals surface area contributed by atoms with Crippen LogP contribution in [0.2, 0.25) is 0 Å². The summed E-state index contributed by atoms with van der Waals surface area (Å²) < 4.78 is 34.3. The topological polar surface area (TPSA) is 139 Å². The molecular weight excluding hydrogens is 584 g/mol. The van der Waals surface area contributed by atoms with Gasteiger partial charge in [-0.3, -0.25) is 24.0 Å². The van der Waals surface area contributed by atoms with E-state index in [-0.39, 0.29) is 35.1 Å². The van der Waals surface area contributed by atoms with Gasteiger partial charge in [0.25, 0.3) is 15.7 Å². The molecule has 44 heavy (non-hydrogen) atoms. The summed E-state index contributed by atoms with van der Waals surface area (Å²) in [4.78, 5) is 39.7. The summed E-state index contributed by atoms with van der Waals surface area (Å²) in [7, 11) is -3.03. The molecule has 0 radical (unpaired) electrons. The Kier molecular flexibility index (Phi) is 10.7. The predicted octanol–water partition coefficient (Wildman–Crippen LogP) is 5.14. The largest absolute Gasteiger partial charge is 0.497 e. The molecule has 236 valence electrons. The van der Waals surface area contributed by atoms with E-state index in [9.17, 15) is 28.1 Å². The number of amides is 2. The van der Waals surface area contributed by atoms with Crippen LogP contribution in [0.1, 0.15) is 50.8 Å². The normalized spacial score (nSPS) is 12.2. The Morgan fingerprint density at radius 2 is 1.61 bits per heavy atom. The van der Waals surface area contributed by atoms with Crippen molar-refractivity contribution in [1.29, 1.82) is 0 Å². The fraction of sp³-hybridized carbons (Fsp3) is 0.375. The van der Waals surface area contributed by atoms with Crippen molar-refractivity contribution in [1.82, 2.24) is 10.2 Å². The number of hydrogen-bond donors (Lipinski definition) is 1. The molecule has 3 rings (SSSR count). The van der Waals surface area contributed by atoms with Crippen molar-refractivity contribution in [2.45, 2.75) is 71.0 Å². The Bertz CT molecular complexity index is 1600. The van der Waals surface area contributed by atoms with E-state index < -0.39 is 39.0 Å². The van der Waals surface area contributed by atoms with E-state index in [1.807, 2.05) is 52.0 Å². The molecule has 0 bridgehead atoms. The molecule has 0 aliphatic heterocycles. The number of nitro groups is 1. The number of ether oxygens (including phenoxy) is 1. The molecule has 3 aromatic carbocycles. The molecule has 0 spiro atoms. The van der Waals surface area contributed by atoms with Crippen LogP contribution in [0, 0.1) is 24.0 Å². The van der Waals surface area contributed by atoms with Crippen molar-refractivity contribution in [2.24, 2.45) is 0 Å². The molecule has 0 saturated carbocycles. The van der Waals surface area contributed by atoms with Crippen molar-refractivity contribution in [2.75, 3.05) is 18.0 Å². The van der Waals surface area contributed by atoms with Crippen LogP contribution in [0.4, 0.5) is 11.4 Å². The zero-order valence-electron chi connectivity index (χ0n) is 26.2. The number of nitro benzene ring substituents is 1. The number of rotatable bonds is 12. The quantitative estimate of drug-likeness (QED) is 0.218. The first-order valence-electron chi connectivity index (χ1n) is 14.2. The summed E-state index contributed by atoms with van der Waals surface area (Å²) in [5.74, 6) is -0.523. The van der Waals surface area contributed by atoms with Crippen LogP contribution in [0.25, 0.3) is 0 Å². The second-order valence-electron chi connectivity index (χ2n) is 11.6. The first kappa shape index (κ1) is 34.0. The summed E-state index contributed by atoms with van der Waals surface area (Å²) in [6.07, 6.45) is 0.277. The fourth-order valence-electron chi connectivity index (χ4n) is 4.61. The van der Waals surface area contributed by atoms with E-state index in [4.69, 9.17) is 4.74 Å². The van der Waals surface area contributed by atoms with Crippen LogP contribution in [0.3, 0.4) is 0 Å². The minimum absolute atomic E-state index is 0.0572. The summed E-state index contributed by atoms with van der Waals surface area (Å²) in [5.41, 5.74) is 1.29. The molecule has 3 aromatic rings. The van der Waals surface area contributed by atoms with Gasteiger partial charge in [-0.15, -0.1) is 0 Å². The average molecular weight is 625 g/mol. The monoisotopic (exact) mass is 624 g/mol. The molecule has 0 heterocycles. The number of nitrogens with zero attached hydrogens (tertiary/aromatic N) is 3. The van der Waals surface area contributed by atoms with Crippen LogP contribution in [-0.4, -0.2) is 55.3 Å². The van der Waals surface area contributed by atoms with Gasteiger partial charge < -0.3 is 15.0 Å².